The summed E-state index contributed by atoms with van der Waals surface area (Å²) in [4.78, 5) is 14.1. The molecule has 1 amide bonds. The minimum Gasteiger partial charge on any atom is -0.363 e. The molecule has 2 rings (SSSR count). The maximum atomic E-state index is 12.3. The van der Waals surface area contributed by atoms with E-state index in [0.717, 1.165) is 15.0 Å². The van der Waals surface area contributed by atoms with Crippen LogP contribution in [0.25, 0.3) is 0 Å². The highest BCUT2D eigenvalue weighted by molar-refractivity contribution is 8.01. The van der Waals surface area contributed by atoms with E-state index in [4.69, 9.17) is 0 Å². The molecule has 7 heteroatoms. The number of carbonyl (C=O) groups is 1. The lowest BCUT2D eigenvalue weighted by Crippen LogP contribution is -2.31. The van der Waals surface area contributed by atoms with E-state index in [2.05, 4.69) is 15.5 Å². The van der Waals surface area contributed by atoms with Crippen LogP contribution < -0.4 is 5.32 Å². The molecule has 1 heterocycles. The van der Waals surface area contributed by atoms with Crippen molar-refractivity contribution in [1.29, 1.82) is 0 Å². The number of nitrogens with one attached hydrogen (secondary N) is 1. The van der Waals surface area contributed by atoms with Gasteiger partial charge >= 0.3 is 0 Å². The van der Waals surface area contributed by atoms with Gasteiger partial charge in [-0.2, -0.15) is 0 Å². The van der Waals surface area contributed by atoms with Gasteiger partial charge in [0, 0.05) is 20.1 Å². The number of aromatic nitrogens is 2. The Labute approximate surface area is 132 Å². The molecule has 0 atom stereocenters. The van der Waals surface area contributed by atoms with Crippen molar-refractivity contribution in [1.82, 2.24) is 15.1 Å². The number of anilines is 1. The summed E-state index contributed by atoms with van der Waals surface area (Å²) >= 11 is 2.89. The Kier molecular flexibility index (Phi) is 6.01. The fourth-order valence-corrected chi connectivity index (χ4v) is 3.37. The SMILES string of the molecule is CCN(Cc1ccccc1)C(=O)CSc1nnc(NC)s1. The van der Waals surface area contributed by atoms with Crippen LogP contribution in [0.15, 0.2) is 34.7 Å². The van der Waals surface area contributed by atoms with Gasteiger partial charge in [-0.25, -0.2) is 0 Å². The molecule has 0 saturated heterocycles. The highest BCUT2D eigenvalue weighted by Crippen LogP contribution is 2.25. The van der Waals surface area contributed by atoms with Crippen LogP contribution in [0.5, 0.6) is 0 Å². The smallest absolute Gasteiger partial charge is 0.233 e. The lowest BCUT2D eigenvalue weighted by atomic mass is 10.2. The van der Waals surface area contributed by atoms with Crippen LogP contribution in [-0.4, -0.2) is 40.3 Å². The van der Waals surface area contributed by atoms with Crippen molar-refractivity contribution >= 4 is 34.1 Å². The van der Waals surface area contributed by atoms with Crippen molar-refractivity contribution in [3.05, 3.63) is 35.9 Å². The second-order valence-corrected chi connectivity index (χ2v) is 6.51. The quantitative estimate of drug-likeness (QED) is 0.794. The highest BCUT2D eigenvalue weighted by atomic mass is 32.2. The molecule has 0 radical (unpaired) electrons. The maximum Gasteiger partial charge on any atom is 0.233 e. The first-order valence-electron chi connectivity index (χ1n) is 6.68. The summed E-state index contributed by atoms with van der Waals surface area (Å²) in [5.74, 6) is 0.506. The molecule has 1 aromatic carbocycles. The molecule has 0 saturated carbocycles. The number of thioether (sulfide) groups is 1. The predicted octanol–water partition coefficient (Wildman–Crippen LogP) is 2.72. The first kappa shape index (κ1) is 15.8. The molecule has 112 valence electrons. The van der Waals surface area contributed by atoms with Gasteiger partial charge < -0.3 is 10.2 Å². The minimum atomic E-state index is 0.118. The van der Waals surface area contributed by atoms with Gasteiger partial charge in [0.15, 0.2) is 4.34 Å². The van der Waals surface area contributed by atoms with Crippen LogP contribution in [0.4, 0.5) is 5.13 Å². The van der Waals surface area contributed by atoms with E-state index in [-0.39, 0.29) is 5.91 Å². The van der Waals surface area contributed by atoms with E-state index in [0.29, 0.717) is 18.8 Å². The van der Waals surface area contributed by atoms with Crippen LogP contribution in [0.1, 0.15) is 12.5 Å². The topological polar surface area (TPSA) is 58.1 Å². The van der Waals surface area contributed by atoms with E-state index < -0.39 is 0 Å². The summed E-state index contributed by atoms with van der Waals surface area (Å²) in [5.41, 5.74) is 1.14. The van der Waals surface area contributed by atoms with Crippen molar-refractivity contribution < 1.29 is 4.79 Å². The van der Waals surface area contributed by atoms with Crippen molar-refractivity contribution in [2.24, 2.45) is 0 Å². The number of rotatable bonds is 7. The fraction of sp³-hybridized carbons (Fsp3) is 0.357. The van der Waals surface area contributed by atoms with E-state index in [1.165, 1.54) is 23.1 Å². The zero-order chi connectivity index (χ0) is 15.1. The lowest BCUT2D eigenvalue weighted by molar-refractivity contribution is -0.128. The first-order chi connectivity index (χ1) is 10.2. The monoisotopic (exact) mass is 322 g/mol. The van der Waals surface area contributed by atoms with Gasteiger partial charge in [0.2, 0.25) is 11.0 Å². The second kappa shape index (κ2) is 7.99. The molecule has 0 aliphatic carbocycles. The van der Waals surface area contributed by atoms with Crippen molar-refractivity contribution in [3.63, 3.8) is 0 Å². The normalized spacial score (nSPS) is 10.4. The summed E-state index contributed by atoms with van der Waals surface area (Å²) in [6.07, 6.45) is 0. The maximum absolute atomic E-state index is 12.3. The Hall–Kier alpha value is -1.60. The van der Waals surface area contributed by atoms with Crippen molar-refractivity contribution in [2.75, 3.05) is 24.7 Å². The third kappa shape index (κ3) is 4.71. The molecule has 2 aromatic rings. The Balaban J connectivity index is 1.88. The molecular weight excluding hydrogens is 304 g/mol. The summed E-state index contributed by atoms with van der Waals surface area (Å²) in [6, 6.07) is 10.0. The van der Waals surface area contributed by atoms with Crippen LogP contribution in [0.3, 0.4) is 0 Å². The summed E-state index contributed by atoms with van der Waals surface area (Å²) in [6.45, 7) is 3.34. The van der Waals surface area contributed by atoms with E-state index in [1.54, 1.807) is 7.05 Å². The lowest BCUT2D eigenvalue weighted by Gasteiger charge is -2.20. The Morgan fingerprint density at radius 2 is 2.10 bits per heavy atom. The van der Waals surface area contributed by atoms with Crippen molar-refractivity contribution in [3.8, 4) is 0 Å². The number of hydrogen-bond donors (Lipinski definition) is 1. The summed E-state index contributed by atoms with van der Waals surface area (Å²) in [5, 5.41) is 11.7. The Morgan fingerprint density at radius 3 is 2.71 bits per heavy atom. The van der Waals surface area contributed by atoms with Gasteiger partial charge in [-0.3, -0.25) is 4.79 Å². The van der Waals surface area contributed by atoms with E-state index >= 15 is 0 Å². The van der Waals surface area contributed by atoms with Gasteiger partial charge in [-0.1, -0.05) is 53.4 Å². The molecule has 0 aliphatic rings. The molecule has 0 spiro atoms. The average Bonchev–Trinajstić information content (AvgIpc) is 2.99. The zero-order valence-corrected chi connectivity index (χ0v) is 13.7. The number of nitrogens with zero attached hydrogens (tertiary/aromatic N) is 3. The van der Waals surface area contributed by atoms with E-state index in [1.807, 2.05) is 42.2 Å². The average molecular weight is 322 g/mol. The molecule has 21 heavy (non-hydrogen) atoms. The molecule has 0 unspecified atom stereocenters. The number of carbonyl (C=O) groups excluding carboxylic acids is 1. The number of hydrogen-bond acceptors (Lipinski definition) is 6. The minimum absolute atomic E-state index is 0.118. The molecule has 5 nitrogen and oxygen atoms in total. The zero-order valence-electron chi connectivity index (χ0n) is 12.1. The first-order valence-corrected chi connectivity index (χ1v) is 8.49. The van der Waals surface area contributed by atoms with Crippen molar-refractivity contribution in [2.45, 2.75) is 17.8 Å². The predicted molar refractivity (Wildman–Crippen MR) is 87.7 cm³/mol. The van der Waals surface area contributed by atoms with Crippen LogP contribution in [0.2, 0.25) is 0 Å². The Bertz CT molecular complexity index is 573. The third-order valence-corrected chi connectivity index (χ3v) is 4.95. The molecule has 1 aromatic heterocycles. The molecule has 1 N–H and O–H groups in total. The third-order valence-electron chi connectivity index (χ3n) is 2.89. The largest absolute Gasteiger partial charge is 0.363 e. The standard InChI is InChI=1S/C14H18N4OS2/c1-3-18(9-11-7-5-4-6-8-11)12(19)10-20-14-17-16-13(15-2)21-14/h4-8H,3,9-10H2,1-2H3,(H,15,16). The molecule has 0 fully saturated rings. The van der Waals surface area contributed by atoms with Gasteiger partial charge in [0.25, 0.3) is 0 Å². The summed E-state index contributed by atoms with van der Waals surface area (Å²) < 4.78 is 0.809. The van der Waals surface area contributed by atoms with Crippen LogP contribution in [-0.2, 0) is 11.3 Å². The second-order valence-electron chi connectivity index (χ2n) is 4.31. The highest BCUT2D eigenvalue weighted by Gasteiger charge is 2.14. The summed E-state index contributed by atoms with van der Waals surface area (Å²) in [7, 11) is 1.80. The van der Waals surface area contributed by atoms with Gasteiger partial charge in [0.1, 0.15) is 0 Å². The van der Waals surface area contributed by atoms with Gasteiger partial charge in [-0.05, 0) is 12.5 Å². The van der Waals surface area contributed by atoms with Crippen LogP contribution in [0, 0.1) is 0 Å². The van der Waals surface area contributed by atoms with E-state index in [9.17, 15) is 4.79 Å². The Morgan fingerprint density at radius 1 is 1.33 bits per heavy atom. The number of amides is 1. The molecule has 0 bridgehead atoms. The molecule has 0 aliphatic heterocycles. The van der Waals surface area contributed by atoms with Gasteiger partial charge in [-0.15, -0.1) is 10.2 Å². The van der Waals surface area contributed by atoms with Crippen LogP contribution >= 0.6 is 23.1 Å². The number of benzene rings is 1. The fourth-order valence-electron chi connectivity index (χ4n) is 1.76. The molecular formula is C14H18N4OS2. The van der Waals surface area contributed by atoms with Gasteiger partial charge in [0.05, 0.1) is 5.75 Å².